The van der Waals surface area contributed by atoms with Gasteiger partial charge in [0.15, 0.2) is 0 Å². The van der Waals surface area contributed by atoms with Crippen LogP contribution in [0.4, 0.5) is 0 Å². The van der Waals surface area contributed by atoms with Crippen LogP contribution < -0.4 is 5.73 Å². The van der Waals surface area contributed by atoms with Crippen LogP contribution in [0.2, 0.25) is 0 Å². The Balaban J connectivity index is 0.00000256. The lowest BCUT2D eigenvalue weighted by molar-refractivity contribution is 0.0355. The van der Waals surface area contributed by atoms with Crippen molar-refractivity contribution in [1.82, 2.24) is 9.55 Å². The van der Waals surface area contributed by atoms with Gasteiger partial charge in [0.1, 0.15) is 11.7 Å². The number of benzene rings is 2. The van der Waals surface area contributed by atoms with Crippen molar-refractivity contribution in [3.05, 3.63) is 65.0 Å². The summed E-state index contributed by atoms with van der Waals surface area (Å²) in [5.74, 6) is 1.73. The first-order valence-electron chi connectivity index (χ1n) is 10.5. The van der Waals surface area contributed by atoms with Crippen LogP contribution in [-0.2, 0) is 18.2 Å². The number of nitrogens with zero attached hydrogens (tertiary/aromatic N) is 2. The number of nitrogens with one attached hydrogen (secondary N) is 1. The van der Waals surface area contributed by atoms with Crippen LogP contribution in [0.15, 0.2) is 42.5 Å². The van der Waals surface area contributed by atoms with Crippen LogP contribution in [0.1, 0.15) is 60.7 Å². The molecule has 3 aromatic rings. The van der Waals surface area contributed by atoms with Gasteiger partial charge in [-0.1, -0.05) is 49.6 Å². The molecule has 2 aromatic carbocycles. The van der Waals surface area contributed by atoms with Crippen LogP contribution in [0, 0.1) is 11.3 Å². The molecule has 0 aliphatic heterocycles. The summed E-state index contributed by atoms with van der Waals surface area (Å²) in [4.78, 5) is 4.93. The molecule has 160 valence electrons. The van der Waals surface area contributed by atoms with Crippen LogP contribution in [0.25, 0.3) is 11.0 Å². The van der Waals surface area contributed by atoms with Crippen molar-refractivity contribution < 1.29 is 4.74 Å². The normalized spacial score (nSPS) is 15.7. The van der Waals surface area contributed by atoms with Gasteiger partial charge in [-0.3, -0.25) is 5.41 Å². The fourth-order valence-electron chi connectivity index (χ4n) is 4.62. The lowest BCUT2D eigenvalue weighted by atomic mass is 9.82. The fourth-order valence-corrected chi connectivity index (χ4v) is 4.62. The highest BCUT2D eigenvalue weighted by atomic mass is 35.5. The van der Waals surface area contributed by atoms with Gasteiger partial charge in [0, 0.05) is 26.1 Å². The highest BCUT2D eigenvalue weighted by molar-refractivity contribution is 5.94. The summed E-state index contributed by atoms with van der Waals surface area (Å²) in [7, 11) is 3.90. The number of nitrogen functional groups attached to an aromatic ring is 1. The molecule has 5 nitrogen and oxygen atoms in total. The summed E-state index contributed by atoms with van der Waals surface area (Å²) >= 11 is 0. The topological polar surface area (TPSA) is 76.9 Å². The number of nitrogens with two attached hydrogens (primary N) is 1. The SMILES string of the molecule is COC(c1ccc2c(c1)nc(Cc1ccc(C(=N)N)cc1)n2C)C1CCCCC1.Cl. The van der Waals surface area contributed by atoms with E-state index in [0.29, 0.717) is 5.92 Å². The van der Waals surface area contributed by atoms with Gasteiger partial charge in [0.25, 0.3) is 0 Å². The predicted molar refractivity (Wildman–Crippen MR) is 125 cm³/mol. The summed E-state index contributed by atoms with van der Waals surface area (Å²) in [6.07, 6.45) is 7.37. The Morgan fingerprint density at radius 3 is 2.50 bits per heavy atom. The van der Waals surface area contributed by atoms with Gasteiger partial charge in [-0.05, 0) is 42.0 Å². The van der Waals surface area contributed by atoms with E-state index in [9.17, 15) is 0 Å². The molecule has 0 saturated heterocycles. The zero-order chi connectivity index (χ0) is 20.4. The summed E-state index contributed by atoms with van der Waals surface area (Å²) in [6.45, 7) is 0. The smallest absolute Gasteiger partial charge is 0.122 e. The number of hydrogen-bond acceptors (Lipinski definition) is 3. The van der Waals surface area contributed by atoms with Gasteiger partial charge < -0.3 is 15.0 Å². The number of methoxy groups -OCH3 is 1. The van der Waals surface area contributed by atoms with Gasteiger partial charge in [0.05, 0.1) is 17.1 Å². The minimum absolute atomic E-state index is 0. The molecule has 4 rings (SSSR count). The molecular formula is C24H31ClN4O. The predicted octanol–water partition coefficient (Wildman–Crippen LogP) is 5.14. The van der Waals surface area contributed by atoms with Crippen LogP contribution in [0.5, 0.6) is 0 Å². The Hall–Kier alpha value is -2.37. The number of halogens is 1. The molecule has 0 amide bonds. The monoisotopic (exact) mass is 426 g/mol. The lowest BCUT2D eigenvalue weighted by Crippen LogP contribution is -2.17. The van der Waals surface area contributed by atoms with E-state index in [2.05, 4.69) is 29.8 Å². The van der Waals surface area contributed by atoms with E-state index >= 15 is 0 Å². The second kappa shape index (κ2) is 9.63. The third-order valence-corrected chi connectivity index (χ3v) is 6.29. The second-order valence-corrected chi connectivity index (χ2v) is 8.18. The van der Waals surface area contributed by atoms with E-state index in [1.807, 2.05) is 31.4 Å². The first-order valence-corrected chi connectivity index (χ1v) is 10.5. The minimum atomic E-state index is 0. The molecule has 0 bridgehead atoms. The summed E-state index contributed by atoms with van der Waals surface area (Å²) < 4.78 is 8.09. The van der Waals surface area contributed by atoms with E-state index in [4.69, 9.17) is 20.9 Å². The summed E-state index contributed by atoms with van der Waals surface area (Å²) in [5.41, 5.74) is 10.9. The number of fused-ring (bicyclic) bond motifs is 1. The van der Waals surface area contributed by atoms with Crippen LogP contribution >= 0.6 is 12.4 Å². The lowest BCUT2D eigenvalue weighted by Gasteiger charge is -2.29. The molecule has 6 heteroatoms. The molecule has 1 aliphatic rings. The molecule has 0 spiro atoms. The van der Waals surface area contributed by atoms with Crippen LogP contribution in [-0.4, -0.2) is 22.5 Å². The van der Waals surface area contributed by atoms with Gasteiger partial charge in [0.2, 0.25) is 0 Å². The molecule has 0 radical (unpaired) electrons. The van der Waals surface area contributed by atoms with Gasteiger partial charge in [-0.2, -0.15) is 0 Å². The third kappa shape index (κ3) is 4.52. The van der Waals surface area contributed by atoms with Crippen molar-refractivity contribution >= 4 is 29.3 Å². The maximum absolute atomic E-state index is 7.53. The molecule has 1 aliphatic carbocycles. The Morgan fingerprint density at radius 2 is 1.87 bits per heavy atom. The summed E-state index contributed by atoms with van der Waals surface area (Å²) in [6, 6.07) is 14.4. The van der Waals surface area contributed by atoms with Crippen molar-refractivity contribution in [2.45, 2.75) is 44.6 Å². The molecule has 1 aromatic heterocycles. The van der Waals surface area contributed by atoms with Gasteiger partial charge >= 0.3 is 0 Å². The number of imidazole rings is 1. The Bertz CT molecular complexity index is 1010. The summed E-state index contributed by atoms with van der Waals surface area (Å²) in [5, 5.41) is 7.53. The number of aryl methyl sites for hydroxylation is 1. The van der Waals surface area contributed by atoms with Crippen LogP contribution in [0.3, 0.4) is 0 Å². The first-order chi connectivity index (χ1) is 14.1. The van der Waals surface area contributed by atoms with E-state index in [1.165, 1.54) is 37.7 Å². The number of aromatic nitrogens is 2. The van der Waals surface area contributed by atoms with Crippen molar-refractivity contribution in [3.8, 4) is 0 Å². The van der Waals surface area contributed by atoms with Crippen molar-refractivity contribution in [2.75, 3.05) is 7.11 Å². The van der Waals surface area contributed by atoms with Crippen molar-refractivity contribution in [2.24, 2.45) is 18.7 Å². The van der Waals surface area contributed by atoms with E-state index in [-0.39, 0.29) is 24.3 Å². The maximum atomic E-state index is 7.53. The van der Waals surface area contributed by atoms with E-state index in [1.54, 1.807) is 0 Å². The number of ether oxygens (including phenoxy) is 1. The first kappa shape index (κ1) is 22.3. The Kier molecular flexibility index (Phi) is 7.16. The standard InChI is InChI=1S/C24H30N4O.ClH/c1-28-21-13-12-19(23(29-2)17-6-4-3-5-7-17)15-20(21)27-22(28)14-16-8-10-18(11-9-16)24(25)26;/h8-13,15,17,23H,3-7,14H2,1-2H3,(H3,25,26);1H. The number of amidine groups is 1. The maximum Gasteiger partial charge on any atom is 0.122 e. The second-order valence-electron chi connectivity index (χ2n) is 8.18. The van der Waals surface area contributed by atoms with Crippen molar-refractivity contribution in [3.63, 3.8) is 0 Å². The Labute approximate surface area is 184 Å². The highest BCUT2D eigenvalue weighted by Gasteiger charge is 2.25. The van der Waals surface area contributed by atoms with Gasteiger partial charge in [-0.25, -0.2) is 4.98 Å². The molecule has 1 saturated carbocycles. The Morgan fingerprint density at radius 1 is 1.17 bits per heavy atom. The molecule has 1 heterocycles. The average Bonchev–Trinajstić information content (AvgIpc) is 3.04. The highest BCUT2D eigenvalue weighted by Crippen LogP contribution is 2.37. The van der Waals surface area contributed by atoms with Gasteiger partial charge in [-0.15, -0.1) is 12.4 Å². The van der Waals surface area contributed by atoms with E-state index < -0.39 is 0 Å². The molecule has 3 N–H and O–H groups in total. The molecule has 1 unspecified atom stereocenters. The zero-order valence-electron chi connectivity index (χ0n) is 17.7. The number of hydrogen-bond donors (Lipinski definition) is 2. The van der Waals surface area contributed by atoms with Crippen molar-refractivity contribution in [1.29, 1.82) is 5.41 Å². The quantitative estimate of drug-likeness (QED) is 0.423. The minimum Gasteiger partial charge on any atom is -0.384 e. The molecule has 1 atom stereocenters. The third-order valence-electron chi connectivity index (χ3n) is 6.29. The van der Waals surface area contributed by atoms with E-state index in [0.717, 1.165) is 34.4 Å². The zero-order valence-corrected chi connectivity index (χ0v) is 18.5. The fraction of sp³-hybridized carbons (Fsp3) is 0.417. The molecule has 1 fully saturated rings. The average molecular weight is 427 g/mol. The number of rotatable bonds is 6. The molecule has 30 heavy (non-hydrogen) atoms. The largest absolute Gasteiger partial charge is 0.384 e. The molecular weight excluding hydrogens is 396 g/mol.